The minimum Gasteiger partial charge on any atom is -0.427 e. The van der Waals surface area contributed by atoms with E-state index < -0.39 is 11.7 Å². The molecule has 0 bridgehead atoms. The minimum absolute atomic E-state index is 0.352. The van der Waals surface area contributed by atoms with Crippen LogP contribution in [-0.2, 0) is 21.6 Å². The summed E-state index contributed by atoms with van der Waals surface area (Å²) in [6, 6.07) is 5.72. The van der Waals surface area contributed by atoms with Gasteiger partial charge in [0.25, 0.3) is 5.91 Å². The lowest BCUT2D eigenvalue weighted by Crippen LogP contribution is -2.34. The van der Waals surface area contributed by atoms with Crippen molar-refractivity contribution in [1.29, 1.82) is 0 Å². The fraction of sp³-hybridized carbons (Fsp3) is 0.273. The van der Waals surface area contributed by atoms with Crippen molar-refractivity contribution >= 4 is 27.9 Å². The fourth-order valence-corrected chi connectivity index (χ4v) is 2.71. The Kier molecular flexibility index (Phi) is 1.89. The minimum atomic E-state index is -1.09. The van der Waals surface area contributed by atoms with Crippen LogP contribution in [0.15, 0.2) is 22.7 Å². The zero-order chi connectivity index (χ0) is 11.3. The van der Waals surface area contributed by atoms with Crippen LogP contribution in [0.3, 0.4) is 0 Å². The van der Waals surface area contributed by atoms with Crippen molar-refractivity contribution in [2.75, 3.05) is 0 Å². The molecular weight excluding hydrogens is 274 g/mol. The van der Waals surface area contributed by atoms with E-state index in [1.165, 1.54) is 0 Å². The third-order valence-electron chi connectivity index (χ3n) is 3.10. The van der Waals surface area contributed by atoms with E-state index in [1.807, 2.05) is 18.2 Å². The molecule has 0 radical (unpaired) electrons. The molecule has 4 nitrogen and oxygen atoms in total. The van der Waals surface area contributed by atoms with Crippen LogP contribution in [0.1, 0.15) is 17.5 Å². The van der Waals surface area contributed by atoms with Gasteiger partial charge in [-0.2, -0.15) is 0 Å². The molecule has 1 aliphatic heterocycles. The van der Waals surface area contributed by atoms with Gasteiger partial charge in [0.1, 0.15) is 0 Å². The van der Waals surface area contributed by atoms with Gasteiger partial charge >= 0.3 is 6.09 Å². The third-order valence-corrected chi connectivity index (χ3v) is 3.60. The second kappa shape index (κ2) is 3.07. The number of nitrogens with one attached hydrogen (secondary N) is 1. The molecule has 2 amide bonds. The van der Waals surface area contributed by atoms with Crippen LogP contribution in [0.25, 0.3) is 0 Å². The van der Waals surface area contributed by atoms with Crippen molar-refractivity contribution in [3.63, 3.8) is 0 Å². The molecule has 5 heteroatoms. The molecule has 1 atom stereocenters. The Balaban J connectivity index is 2.18. The van der Waals surface area contributed by atoms with E-state index in [4.69, 9.17) is 4.74 Å². The first-order valence-corrected chi connectivity index (χ1v) is 5.74. The number of hydrogen-bond donors (Lipinski definition) is 1. The smallest absolute Gasteiger partial charge is 0.415 e. The summed E-state index contributed by atoms with van der Waals surface area (Å²) in [5, 5.41) is 2.19. The van der Waals surface area contributed by atoms with Crippen LogP contribution >= 0.6 is 15.9 Å². The summed E-state index contributed by atoms with van der Waals surface area (Å²) in [6.45, 7) is 0. The fourth-order valence-electron chi connectivity index (χ4n) is 2.35. The summed E-state index contributed by atoms with van der Waals surface area (Å²) < 4.78 is 6.06. The number of hydrogen-bond acceptors (Lipinski definition) is 3. The molecule has 1 heterocycles. The number of carbonyl (C=O) groups excluding carboxylic acids is 2. The largest absolute Gasteiger partial charge is 0.427 e. The van der Waals surface area contributed by atoms with Gasteiger partial charge in [0.15, 0.2) is 0 Å². The van der Waals surface area contributed by atoms with Crippen molar-refractivity contribution in [2.45, 2.75) is 18.4 Å². The number of rotatable bonds is 0. The topological polar surface area (TPSA) is 55.4 Å². The van der Waals surface area contributed by atoms with E-state index in [1.54, 1.807) is 0 Å². The Morgan fingerprint density at radius 3 is 2.88 bits per heavy atom. The van der Waals surface area contributed by atoms with Gasteiger partial charge in [-0.05, 0) is 24.1 Å². The van der Waals surface area contributed by atoms with Gasteiger partial charge in [0.2, 0.25) is 5.60 Å². The maximum absolute atomic E-state index is 11.8. The monoisotopic (exact) mass is 281 g/mol. The summed E-state index contributed by atoms with van der Waals surface area (Å²) in [5.41, 5.74) is 0.772. The second-order valence-electron chi connectivity index (χ2n) is 3.97. The number of carbonyl (C=O) groups is 2. The Bertz CT molecular complexity index is 514. The van der Waals surface area contributed by atoms with Crippen LogP contribution in [0.2, 0.25) is 0 Å². The first-order valence-electron chi connectivity index (χ1n) is 4.95. The summed E-state index contributed by atoms with van der Waals surface area (Å²) >= 11 is 3.36. The quantitative estimate of drug-likeness (QED) is 0.790. The van der Waals surface area contributed by atoms with Gasteiger partial charge in [-0.15, -0.1) is 0 Å². The van der Waals surface area contributed by atoms with E-state index in [0.717, 1.165) is 22.0 Å². The van der Waals surface area contributed by atoms with Crippen molar-refractivity contribution in [2.24, 2.45) is 0 Å². The number of aryl methyl sites for hydroxylation is 1. The average molecular weight is 282 g/mol. The Hall–Kier alpha value is -1.36. The highest BCUT2D eigenvalue weighted by Gasteiger charge is 2.54. The van der Waals surface area contributed by atoms with Crippen LogP contribution in [0.5, 0.6) is 0 Å². The number of amides is 2. The van der Waals surface area contributed by atoms with Gasteiger partial charge in [-0.1, -0.05) is 22.0 Å². The number of benzene rings is 1. The number of halogens is 1. The highest BCUT2D eigenvalue weighted by molar-refractivity contribution is 9.10. The highest BCUT2D eigenvalue weighted by Crippen LogP contribution is 2.43. The number of fused-ring (bicyclic) bond motifs is 2. The van der Waals surface area contributed by atoms with E-state index in [-0.39, 0.29) is 5.91 Å². The molecule has 0 saturated carbocycles. The van der Waals surface area contributed by atoms with E-state index in [0.29, 0.717) is 6.42 Å². The molecule has 0 aromatic heterocycles. The zero-order valence-electron chi connectivity index (χ0n) is 8.25. The lowest BCUT2D eigenvalue weighted by Gasteiger charge is -2.19. The molecule has 3 rings (SSSR count). The van der Waals surface area contributed by atoms with Crippen LogP contribution < -0.4 is 5.32 Å². The SMILES string of the molecule is O=C1NC(=O)C2(CCc3ccc(Br)cc32)O1. The summed E-state index contributed by atoms with van der Waals surface area (Å²) in [7, 11) is 0. The van der Waals surface area contributed by atoms with Crippen LogP contribution in [0, 0.1) is 0 Å². The lowest BCUT2D eigenvalue weighted by molar-refractivity contribution is -0.131. The summed E-state index contributed by atoms with van der Waals surface area (Å²) in [5.74, 6) is -0.352. The standard InChI is InChI=1S/C11H8BrNO3/c12-7-2-1-6-3-4-11(8(6)5-7)9(14)13-10(15)16-11/h1-2,5H,3-4H2,(H,13,14,15). The molecule has 1 saturated heterocycles. The zero-order valence-corrected chi connectivity index (χ0v) is 9.83. The van der Waals surface area contributed by atoms with E-state index in [9.17, 15) is 9.59 Å². The highest BCUT2D eigenvalue weighted by atomic mass is 79.9. The van der Waals surface area contributed by atoms with Gasteiger partial charge in [0.05, 0.1) is 0 Å². The summed E-state index contributed by atoms with van der Waals surface area (Å²) in [6.07, 6.45) is 0.623. The van der Waals surface area contributed by atoms with Gasteiger partial charge < -0.3 is 4.74 Å². The van der Waals surface area contributed by atoms with Crippen molar-refractivity contribution < 1.29 is 14.3 Å². The van der Waals surface area contributed by atoms with Crippen molar-refractivity contribution in [3.05, 3.63) is 33.8 Å². The molecule has 1 aliphatic carbocycles. The molecule has 1 unspecified atom stereocenters. The molecule has 1 N–H and O–H groups in total. The van der Waals surface area contributed by atoms with Crippen molar-refractivity contribution in [3.8, 4) is 0 Å². The molecule has 1 spiro atoms. The normalized spacial score (nSPS) is 26.8. The Morgan fingerprint density at radius 1 is 1.38 bits per heavy atom. The maximum atomic E-state index is 11.8. The predicted molar refractivity (Wildman–Crippen MR) is 58.8 cm³/mol. The number of ether oxygens (including phenoxy) is 1. The lowest BCUT2D eigenvalue weighted by atomic mass is 9.95. The third kappa shape index (κ3) is 1.15. The molecule has 82 valence electrons. The first-order chi connectivity index (χ1) is 7.62. The molecule has 2 aliphatic rings. The van der Waals surface area contributed by atoms with Crippen LogP contribution in [0.4, 0.5) is 4.79 Å². The second-order valence-corrected chi connectivity index (χ2v) is 4.89. The van der Waals surface area contributed by atoms with Gasteiger partial charge in [0, 0.05) is 16.5 Å². The number of imide groups is 1. The number of alkyl carbamates (subject to hydrolysis) is 1. The molecule has 1 aromatic rings. The molecule has 1 aromatic carbocycles. The maximum Gasteiger partial charge on any atom is 0.415 e. The van der Waals surface area contributed by atoms with E-state index in [2.05, 4.69) is 21.2 Å². The molecular formula is C11H8BrNO3. The molecule has 1 fully saturated rings. The molecule has 16 heavy (non-hydrogen) atoms. The first kappa shape index (κ1) is 9.84. The summed E-state index contributed by atoms with van der Waals surface area (Å²) in [4.78, 5) is 23.0. The van der Waals surface area contributed by atoms with Crippen LogP contribution in [-0.4, -0.2) is 12.0 Å². The Morgan fingerprint density at radius 2 is 2.19 bits per heavy atom. The average Bonchev–Trinajstić information content (AvgIpc) is 2.71. The predicted octanol–water partition coefficient (Wildman–Crippen LogP) is 1.86. The van der Waals surface area contributed by atoms with Gasteiger partial charge in [-0.3, -0.25) is 10.1 Å². The Labute approximate surface area is 100 Å². The van der Waals surface area contributed by atoms with Crippen molar-refractivity contribution in [1.82, 2.24) is 5.32 Å². The van der Waals surface area contributed by atoms with Gasteiger partial charge in [-0.25, -0.2) is 4.79 Å². The van der Waals surface area contributed by atoms with E-state index >= 15 is 0 Å².